The summed E-state index contributed by atoms with van der Waals surface area (Å²) in [5.41, 5.74) is 0.127. The van der Waals surface area contributed by atoms with E-state index in [-0.39, 0.29) is 40.2 Å². The molecule has 0 aliphatic carbocycles. The monoisotopic (exact) mass is 585 g/mol. The van der Waals surface area contributed by atoms with Crippen LogP contribution in [-0.2, 0) is 14.4 Å². The van der Waals surface area contributed by atoms with E-state index in [1.807, 2.05) is 13.6 Å². The molecule has 0 unspecified atom stereocenters. The van der Waals surface area contributed by atoms with Crippen LogP contribution in [0.4, 0.5) is 5.69 Å². The van der Waals surface area contributed by atoms with E-state index < -0.39 is 5.97 Å². The lowest BCUT2D eigenvalue weighted by molar-refractivity contribution is -0.116. The quantitative estimate of drug-likeness (QED) is 0.0951. The largest absolute Gasteiger partial charge is 0.508 e. The van der Waals surface area contributed by atoms with Crippen LogP contribution < -0.4 is 10.1 Å². The molecule has 42 heavy (non-hydrogen) atoms. The van der Waals surface area contributed by atoms with Gasteiger partial charge in [-0.1, -0.05) is 70.4 Å². The maximum absolute atomic E-state index is 12.5. The molecule has 0 aliphatic rings. The number of aromatic hydroxyl groups is 2. The van der Waals surface area contributed by atoms with Gasteiger partial charge in [0.05, 0.1) is 11.3 Å². The average molecular weight is 586 g/mol. The number of carboxylic acids is 1. The molecule has 232 valence electrons. The van der Waals surface area contributed by atoms with E-state index in [0.717, 1.165) is 31.7 Å². The van der Waals surface area contributed by atoms with Gasteiger partial charge in [0.15, 0.2) is 5.75 Å². The van der Waals surface area contributed by atoms with Gasteiger partial charge in [0.2, 0.25) is 5.91 Å². The summed E-state index contributed by atoms with van der Waals surface area (Å²) in [5, 5.41) is 31.6. The Morgan fingerprint density at radius 1 is 0.762 bits per heavy atom. The second kappa shape index (κ2) is 24.6. The van der Waals surface area contributed by atoms with Crippen LogP contribution in [0.15, 0.2) is 48.6 Å². The number of phenolic OH excluding ortho intramolecular Hbond substituents is 2. The molecule has 0 spiro atoms. The lowest BCUT2D eigenvalue weighted by Crippen LogP contribution is -2.11. The zero-order chi connectivity index (χ0) is 31.6. The number of aromatic carboxylic acids is 1. The molecule has 0 aliphatic heterocycles. The van der Waals surface area contributed by atoms with Crippen LogP contribution in [0.3, 0.4) is 0 Å². The molecule has 2 aromatic rings. The fourth-order valence-electron chi connectivity index (χ4n) is 4.17. The van der Waals surface area contributed by atoms with Crippen molar-refractivity contribution < 1.29 is 39.2 Å². The van der Waals surface area contributed by atoms with Crippen LogP contribution in [0.5, 0.6) is 23.0 Å². The highest BCUT2D eigenvalue weighted by atomic mass is 16.5. The normalized spacial score (nSPS) is 10.2. The summed E-state index contributed by atoms with van der Waals surface area (Å²) in [6.45, 7) is 6.25. The van der Waals surface area contributed by atoms with E-state index in [1.54, 1.807) is 0 Å². The first-order chi connectivity index (χ1) is 20.4. The Labute approximate surface area is 249 Å². The molecule has 4 N–H and O–H groups in total. The number of carbonyl (C=O) groups is 4. The predicted octanol–water partition coefficient (Wildman–Crippen LogP) is 8.19. The number of amides is 1. The van der Waals surface area contributed by atoms with Crippen molar-refractivity contribution in [2.24, 2.45) is 0 Å². The van der Waals surface area contributed by atoms with Gasteiger partial charge in [-0.15, -0.1) is 0 Å². The minimum atomic E-state index is -1.21. The molecule has 0 saturated carbocycles. The van der Waals surface area contributed by atoms with E-state index in [9.17, 15) is 24.9 Å². The molecule has 9 nitrogen and oxygen atoms in total. The highest BCUT2D eigenvalue weighted by molar-refractivity contribution is 5.92. The number of carbonyl (C=O) groups excluding carboxylic acids is 3. The van der Waals surface area contributed by atoms with Gasteiger partial charge >= 0.3 is 5.97 Å². The molecule has 0 atom stereocenters. The van der Waals surface area contributed by atoms with Crippen molar-refractivity contribution in [1.82, 2.24) is 0 Å². The predicted molar refractivity (Wildman–Crippen MR) is 166 cm³/mol. The number of ether oxygens (including phenoxy) is 1. The van der Waals surface area contributed by atoms with E-state index in [1.165, 1.54) is 88.1 Å². The number of hydrogen-bond donors (Lipinski definition) is 4. The van der Waals surface area contributed by atoms with Crippen LogP contribution in [0.2, 0.25) is 0 Å². The third-order valence-corrected chi connectivity index (χ3v) is 6.27. The fraction of sp³-hybridized carbons (Fsp3) is 0.455. The van der Waals surface area contributed by atoms with Gasteiger partial charge in [-0.3, -0.25) is 4.79 Å². The molecule has 0 heterocycles. The number of nitrogens with one attached hydrogen (secondary N) is 1. The van der Waals surface area contributed by atoms with Gasteiger partial charge in [-0.25, -0.2) is 4.79 Å². The first kappa shape index (κ1) is 37.9. The summed E-state index contributed by atoms with van der Waals surface area (Å²) in [6.07, 6.45) is 20.5. The standard InChI is InChI=1S/C31H43NO6.2CH2O/c1-2-3-4-5-6-7-8-9-10-11-12-13-14-15-16-17-30(35)32-28-23-25(33)18-19-29(28)38-27-21-24(31(36)37)20-26(34)22-27;2*1-2/h12-13,18-23,33-34H,2-11,14-17H2,1H3,(H,32,35)(H,36,37);2*1H2/b13-12-;;. The summed E-state index contributed by atoms with van der Waals surface area (Å²) in [7, 11) is 0. The van der Waals surface area contributed by atoms with Crippen LogP contribution >= 0.6 is 0 Å². The molecule has 9 heteroatoms. The summed E-state index contributed by atoms with van der Waals surface area (Å²) in [4.78, 5) is 39.7. The van der Waals surface area contributed by atoms with E-state index in [4.69, 9.17) is 14.3 Å². The maximum Gasteiger partial charge on any atom is 0.335 e. The summed E-state index contributed by atoms with van der Waals surface area (Å²) in [5.74, 6) is -1.40. The number of hydrogen-bond acceptors (Lipinski definition) is 7. The number of unbranched alkanes of at least 4 members (excludes halogenated alkanes) is 11. The Balaban J connectivity index is 0.00000402. The summed E-state index contributed by atoms with van der Waals surface area (Å²) < 4.78 is 5.71. The molecule has 0 aromatic heterocycles. The van der Waals surface area contributed by atoms with Gasteiger partial charge in [-0.05, 0) is 56.4 Å². The Kier molecular flexibility index (Phi) is 22.2. The second-order valence-corrected chi connectivity index (χ2v) is 9.69. The van der Waals surface area contributed by atoms with E-state index >= 15 is 0 Å². The van der Waals surface area contributed by atoms with Crippen LogP contribution in [0.25, 0.3) is 0 Å². The first-order valence-electron chi connectivity index (χ1n) is 14.5. The van der Waals surface area contributed by atoms with Gasteiger partial charge in [-0.2, -0.15) is 0 Å². The molecule has 0 bridgehead atoms. The molecule has 0 radical (unpaired) electrons. The number of carboxylic acid groups (broad SMARTS) is 1. The third kappa shape index (κ3) is 17.5. The average Bonchev–Trinajstić information content (AvgIpc) is 2.98. The molecular formula is C33H47NO8. The smallest absolute Gasteiger partial charge is 0.335 e. The molecule has 2 rings (SSSR count). The highest BCUT2D eigenvalue weighted by Crippen LogP contribution is 2.34. The fourth-order valence-corrected chi connectivity index (χ4v) is 4.17. The van der Waals surface area contributed by atoms with Gasteiger partial charge < -0.3 is 35.0 Å². The SMILES string of the molecule is C=O.C=O.CCCCCCCCCCC/C=C\CCCCC(=O)Nc1cc(O)ccc1Oc1cc(O)cc(C(=O)O)c1. The highest BCUT2D eigenvalue weighted by Gasteiger charge is 2.13. The van der Waals surface area contributed by atoms with Crippen molar-refractivity contribution in [3.05, 3.63) is 54.1 Å². The van der Waals surface area contributed by atoms with Crippen LogP contribution in [-0.4, -0.2) is 40.8 Å². The summed E-state index contributed by atoms with van der Waals surface area (Å²) in [6, 6.07) is 7.88. The minimum absolute atomic E-state index is 0.0492. The molecule has 0 saturated heterocycles. The molecule has 2 aromatic carbocycles. The van der Waals surface area contributed by atoms with Crippen molar-refractivity contribution in [2.45, 2.75) is 96.8 Å². The van der Waals surface area contributed by atoms with Crippen molar-refractivity contribution in [2.75, 3.05) is 5.32 Å². The first-order valence-corrected chi connectivity index (χ1v) is 14.5. The molecular weight excluding hydrogens is 538 g/mol. The van der Waals surface area contributed by atoms with Crippen molar-refractivity contribution in [1.29, 1.82) is 0 Å². The maximum atomic E-state index is 12.5. The number of rotatable bonds is 19. The van der Waals surface area contributed by atoms with Crippen molar-refractivity contribution >= 4 is 31.1 Å². The zero-order valence-corrected chi connectivity index (χ0v) is 24.8. The van der Waals surface area contributed by atoms with Gasteiger partial charge in [0.25, 0.3) is 0 Å². The Morgan fingerprint density at radius 3 is 1.93 bits per heavy atom. The number of anilines is 1. The summed E-state index contributed by atoms with van der Waals surface area (Å²) >= 11 is 0. The van der Waals surface area contributed by atoms with Crippen molar-refractivity contribution in [3.8, 4) is 23.0 Å². The van der Waals surface area contributed by atoms with Gasteiger partial charge in [0.1, 0.15) is 30.8 Å². The van der Waals surface area contributed by atoms with Crippen LogP contribution in [0, 0.1) is 0 Å². The number of benzene rings is 2. The lowest BCUT2D eigenvalue weighted by atomic mass is 10.1. The second-order valence-electron chi connectivity index (χ2n) is 9.69. The number of allylic oxidation sites excluding steroid dienone is 2. The van der Waals surface area contributed by atoms with Gasteiger partial charge in [0, 0.05) is 18.6 Å². The van der Waals surface area contributed by atoms with Crippen LogP contribution in [0.1, 0.15) is 107 Å². The topological polar surface area (TPSA) is 150 Å². The van der Waals surface area contributed by atoms with E-state index in [2.05, 4.69) is 24.4 Å². The minimum Gasteiger partial charge on any atom is -0.508 e. The Hall–Kier alpha value is -4.14. The van der Waals surface area contributed by atoms with Crippen molar-refractivity contribution in [3.63, 3.8) is 0 Å². The third-order valence-electron chi connectivity index (χ3n) is 6.27. The molecule has 1 amide bonds. The Morgan fingerprint density at radius 2 is 1.33 bits per heavy atom. The zero-order valence-electron chi connectivity index (χ0n) is 24.8. The van der Waals surface area contributed by atoms with E-state index in [0.29, 0.717) is 6.42 Å². The molecule has 0 fully saturated rings. The number of phenols is 2. The Bertz CT molecular complexity index is 1070. The lowest BCUT2D eigenvalue weighted by Gasteiger charge is -2.13.